The molecule has 0 spiro atoms. The Bertz CT molecular complexity index is 364. The van der Waals surface area contributed by atoms with Crippen molar-refractivity contribution in [2.75, 3.05) is 32.7 Å². The fourth-order valence-electron chi connectivity index (χ4n) is 3.58. The molecular weight excluding hydrogens is 256 g/mol. The van der Waals surface area contributed by atoms with Gasteiger partial charge in [0.1, 0.15) is 0 Å². The van der Waals surface area contributed by atoms with Gasteiger partial charge in [0.05, 0.1) is 11.8 Å². The molecule has 20 heavy (non-hydrogen) atoms. The van der Waals surface area contributed by atoms with Crippen LogP contribution in [0.3, 0.4) is 0 Å². The van der Waals surface area contributed by atoms with Crippen LogP contribution in [0.4, 0.5) is 0 Å². The molecule has 3 atom stereocenters. The first-order valence-electron chi connectivity index (χ1n) is 7.76. The molecule has 0 aromatic rings. The van der Waals surface area contributed by atoms with E-state index in [1.165, 1.54) is 0 Å². The number of rotatable bonds is 4. The van der Waals surface area contributed by atoms with Crippen molar-refractivity contribution in [3.05, 3.63) is 0 Å². The van der Waals surface area contributed by atoms with Crippen LogP contribution in [-0.4, -0.2) is 59.5 Å². The molecule has 1 saturated carbocycles. The third-order valence-electron chi connectivity index (χ3n) is 4.66. The van der Waals surface area contributed by atoms with Crippen LogP contribution in [0.25, 0.3) is 0 Å². The lowest BCUT2D eigenvalue weighted by Crippen LogP contribution is -2.51. The fourth-order valence-corrected chi connectivity index (χ4v) is 3.58. The number of carbonyl (C=O) groups excluding carboxylic acids is 1. The van der Waals surface area contributed by atoms with Crippen LogP contribution in [0.2, 0.25) is 0 Å². The molecule has 1 aliphatic heterocycles. The molecular formula is C15H26N2O3. The quantitative estimate of drug-likeness (QED) is 0.844. The highest BCUT2D eigenvalue weighted by molar-refractivity contribution is 5.85. The molecule has 1 heterocycles. The van der Waals surface area contributed by atoms with Gasteiger partial charge in [-0.1, -0.05) is 13.8 Å². The minimum atomic E-state index is -0.808. The molecule has 0 radical (unpaired) electrons. The Morgan fingerprint density at radius 3 is 2.25 bits per heavy atom. The van der Waals surface area contributed by atoms with E-state index in [0.717, 1.165) is 45.6 Å². The second-order valence-corrected chi connectivity index (χ2v) is 6.29. The van der Waals surface area contributed by atoms with E-state index in [1.807, 2.05) is 11.8 Å². The summed E-state index contributed by atoms with van der Waals surface area (Å²) in [6, 6.07) is 0. The molecule has 1 amide bonds. The maximum atomic E-state index is 12.6. The van der Waals surface area contributed by atoms with Crippen LogP contribution in [0.5, 0.6) is 0 Å². The molecule has 0 aromatic heterocycles. The number of hydrogen-bond acceptors (Lipinski definition) is 3. The smallest absolute Gasteiger partial charge is 0.307 e. The number of aliphatic carboxylic acids is 1. The summed E-state index contributed by atoms with van der Waals surface area (Å²) < 4.78 is 0. The zero-order valence-electron chi connectivity index (χ0n) is 12.5. The number of piperazine rings is 1. The summed E-state index contributed by atoms with van der Waals surface area (Å²) in [5, 5.41) is 9.28. The minimum Gasteiger partial charge on any atom is -0.481 e. The number of carboxylic acid groups (broad SMARTS) is 1. The van der Waals surface area contributed by atoms with Gasteiger partial charge in [0.15, 0.2) is 0 Å². The van der Waals surface area contributed by atoms with E-state index < -0.39 is 11.9 Å². The summed E-state index contributed by atoms with van der Waals surface area (Å²) in [5.41, 5.74) is 0. The maximum Gasteiger partial charge on any atom is 0.307 e. The van der Waals surface area contributed by atoms with Crippen LogP contribution < -0.4 is 0 Å². The topological polar surface area (TPSA) is 60.9 Å². The molecule has 2 fully saturated rings. The number of nitrogens with zero attached hydrogens (tertiary/aromatic N) is 2. The number of hydrogen-bond donors (Lipinski definition) is 1. The highest BCUT2D eigenvalue weighted by atomic mass is 16.4. The van der Waals surface area contributed by atoms with E-state index in [2.05, 4.69) is 11.8 Å². The van der Waals surface area contributed by atoms with Crippen molar-refractivity contribution in [2.24, 2.45) is 17.8 Å². The first-order valence-corrected chi connectivity index (χ1v) is 7.76. The summed E-state index contributed by atoms with van der Waals surface area (Å²) in [6.45, 7) is 8.61. The third-order valence-corrected chi connectivity index (χ3v) is 4.66. The Balaban J connectivity index is 1.93. The monoisotopic (exact) mass is 282 g/mol. The number of carboxylic acids is 1. The zero-order valence-corrected chi connectivity index (χ0v) is 12.5. The average molecular weight is 282 g/mol. The van der Waals surface area contributed by atoms with Gasteiger partial charge in [0.25, 0.3) is 0 Å². The molecule has 0 aromatic carbocycles. The average Bonchev–Trinajstić information content (AvgIpc) is 2.81. The van der Waals surface area contributed by atoms with Gasteiger partial charge in [-0.15, -0.1) is 0 Å². The third kappa shape index (κ3) is 3.32. The van der Waals surface area contributed by atoms with Gasteiger partial charge in [0, 0.05) is 26.2 Å². The summed E-state index contributed by atoms with van der Waals surface area (Å²) in [5.74, 6) is -1.19. The van der Waals surface area contributed by atoms with Gasteiger partial charge in [-0.25, -0.2) is 0 Å². The molecule has 114 valence electrons. The molecule has 0 bridgehead atoms. The predicted molar refractivity (Wildman–Crippen MR) is 76.3 cm³/mol. The van der Waals surface area contributed by atoms with Gasteiger partial charge in [-0.05, 0) is 31.7 Å². The molecule has 5 nitrogen and oxygen atoms in total. The fraction of sp³-hybridized carbons (Fsp3) is 0.867. The Kier molecular flexibility index (Phi) is 5.02. The van der Waals surface area contributed by atoms with Crippen LogP contribution in [0.1, 0.15) is 33.1 Å². The van der Waals surface area contributed by atoms with E-state index in [4.69, 9.17) is 0 Å². The lowest BCUT2D eigenvalue weighted by Gasteiger charge is -2.36. The minimum absolute atomic E-state index is 0.0675. The van der Waals surface area contributed by atoms with Crippen molar-refractivity contribution in [1.82, 2.24) is 9.80 Å². The van der Waals surface area contributed by atoms with Crippen LogP contribution >= 0.6 is 0 Å². The molecule has 2 rings (SSSR count). The van der Waals surface area contributed by atoms with Gasteiger partial charge in [-0.2, -0.15) is 0 Å². The Morgan fingerprint density at radius 2 is 1.70 bits per heavy atom. The molecule has 1 N–H and O–H groups in total. The van der Waals surface area contributed by atoms with Crippen molar-refractivity contribution in [2.45, 2.75) is 33.1 Å². The van der Waals surface area contributed by atoms with E-state index in [0.29, 0.717) is 12.3 Å². The molecule has 5 heteroatoms. The lowest BCUT2D eigenvalue weighted by atomic mass is 9.94. The SMILES string of the molecule is CCCN1CCN(C(=O)C2CC(C)CC2C(=O)O)CC1. The lowest BCUT2D eigenvalue weighted by molar-refractivity contribution is -0.149. The van der Waals surface area contributed by atoms with E-state index >= 15 is 0 Å². The van der Waals surface area contributed by atoms with Crippen molar-refractivity contribution in [3.63, 3.8) is 0 Å². The first kappa shape index (κ1) is 15.3. The van der Waals surface area contributed by atoms with Gasteiger partial charge >= 0.3 is 5.97 Å². The molecule has 1 saturated heterocycles. The van der Waals surface area contributed by atoms with Gasteiger partial charge in [-0.3, -0.25) is 14.5 Å². The zero-order chi connectivity index (χ0) is 14.7. The Labute approximate surface area is 120 Å². The second kappa shape index (κ2) is 6.57. The van der Waals surface area contributed by atoms with E-state index in [-0.39, 0.29) is 11.8 Å². The maximum absolute atomic E-state index is 12.6. The molecule has 1 aliphatic carbocycles. The highest BCUT2D eigenvalue weighted by Crippen LogP contribution is 2.37. The van der Waals surface area contributed by atoms with Crippen molar-refractivity contribution in [1.29, 1.82) is 0 Å². The van der Waals surface area contributed by atoms with Crippen LogP contribution in [0, 0.1) is 17.8 Å². The molecule has 2 aliphatic rings. The van der Waals surface area contributed by atoms with Gasteiger partial charge < -0.3 is 10.0 Å². The van der Waals surface area contributed by atoms with E-state index in [1.54, 1.807) is 0 Å². The summed E-state index contributed by atoms with van der Waals surface area (Å²) in [6.07, 6.45) is 2.50. The van der Waals surface area contributed by atoms with E-state index in [9.17, 15) is 14.7 Å². The van der Waals surface area contributed by atoms with Crippen LogP contribution in [0.15, 0.2) is 0 Å². The number of amides is 1. The summed E-state index contributed by atoms with van der Waals surface area (Å²) in [7, 11) is 0. The Morgan fingerprint density at radius 1 is 1.10 bits per heavy atom. The largest absolute Gasteiger partial charge is 0.481 e. The predicted octanol–water partition coefficient (Wildman–Crippen LogP) is 1.29. The second-order valence-electron chi connectivity index (χ2n) is 6.29. The standard InChI is InChI=1S/C15H26N2O3/c1-3-4-16-5-7-17(8-6-16)14(18)12-9-11(2)10-13(12)15(19)20/h11-13H,3-10H2,1-2H3,(H,19,20). The van der Waals surface area contributed by atoms with Crippen LogP contribution in [-0.2, 0) is 9.59 Å². The van der Waals surface area contributed by atoms with Gasteiger partial charge in [0.2, 0.25) is 5.91 Å². The summed E-state index contributed by atoms with van der Waals surface area (Å²) >= 11 is 0. The normalized spacial score (nSPS) is 31.5. The first-order chi connectivity index (χ1) is 9.52. The Hall–Kier alpha value is -1.10. The number of carbonyl (C=O) groups is 2. The van der Waals surface area contributed by atoms with Crippen molar-refractivity contribution in [3.8, 4) is 0 Å². The summed E-state index contributed by atoms with van der Waals surface area (Å²) in [4.78, 5) is 28.1. The highest BCUT2D eigenvalue weighted by Gasteiger charge is 2.43. The molecule has 3 unspecified atom stereocenters. The van der Waals surface area contributed by atoms with Crippen molar-refractivity contribution < 1.29 is 14.7 Å². The van der Waals surface area contributed by atoms with Crippen molar-refractivity contribution >= 4 is 11.9 Å².